The highest BCUT2D eigenvalue weighted by Gasteiger charge is 2.41. The first kappa shape index (κ1) is 28.0. The molecule has 0 aromatic carbocycles. The lowest BCUT2D eigenvalue weighted by Crippen LogP contribution is -2.41. The van der Waals surface area contributed by atoms with E-state index in [1.54, 1.807) is 37.7 Å². The minimum Gasteiger partial charge on any atom is -0.598 e. The van der Waals surface area contributed by atoms with E-state index in [4.69, 9.17) is 9.72 Å². The van der Waals surface area contributed by atoms with Gasteiger partial charge in [0, 0.05) is 24.2 Å². The number of carbonyl (C=O) groups is 1. The molecule has 4 rings (SSSR count). The molecule has 0 radical (unpaired) electrons. The maximum absolute atomic E-state index is 13.9. The van der Waals surface area contributed by atoms with Gasteiger partial charge in [0.05, 0.1) is 30.2 Å². The molecule has 2 aromatic rings. The van der Waals surface area contributed by atoms with Gasteiger partial charge in [0.1, 0.15) is 10.3 Å². The number of alkyl carbamates (subject to hydrolysis) is 1. The van der Waals surface area contributed by atoms with Gasteiger partial charge in [-0.15, -0.1) is 4.72 Å². The molecule has 2 unspecified atom stereocenters. The summed E-state index contributed by atoms with van der Waals surface area (Å²) in [4.78, 5) is 17.4. The largest absolute Gasteiger partial charge is 0.598 e. The van der Waals surface area contributed by atoms with Crippen molar-refractivity contribution in [1.29, 1.82) is 0 Å². The highest BCUT2D eigenvalue weighted by molar-refractivity contribution is 7.90. The number of rotatable bonds is 7. The van der Waals surface area contributed by atoms with E-state index in [2.05, 4.69) is 15.1 Å². The van der Waals surface area contributed by atoms with Crippen LogP contribution in [0.15, 0.2) is 18.5 Å². The molecule has 0 spiro atoms. The quantitative estimate of drug-likeness (QED) is 0.443. The first-order chi connectivity index (χ1) is 17.1. The normalized spacial score (nSPS) is 21.4. The van der Waals surface area contributed by atoms with Gasteiger partial charge < -0.3 is 14.6 Å². The van der Waals surface area contributed by atoms with Gasteiger partial charge in [-0.2, -0.15) is 5.10 Å². The molecule has 2 saturated carbocycles. The number of fused-ring (bicyclic) bond motifs is 1. The number of nitrogens with zero attached hydrogens (tertiary/aromatic N) is 3. The van der Waals surface area contributed by atoms with Crippen LogP contribution in [0.1, 0.15) is 103 Å². The van der Waals surface area contributed by atoms with Crippen LogP contribution < -0.4 is 10.0 Å². The fraction of sp³-hybridized carbons (Fsp3) is 0.731. The smallest absolute Gasteiger partial charge is 0.408 e. The van der Waals surface area contributed by atoms with E-state index < -0.39 is 39.8 Å². The topological polar surface area (TPSA) is 104 Å². The number of amides is 1. The van der Waals surface area contributed by atoms with E-state index in [1.807, 2.05) is 26.8 Å². The third kappa shape index (κ3) is 7.32. The van der Waals surface area contributed by atoms with Crippen molar-refractivity contribution in [2.45, 2.75) is 108 Å². The van der Waals surface area contributed by atoms with Crippen LogP contribution in [0.2, 0.25) is 0 Å². The van der Waals surface area contributed by atoms with Gasteiger partial charge in [0.15, 0.2) is 5.65 Å². The predicted octanol–water partition coefficient (Wildman–Crippen LogP) is 5.62. The average molecular weight is 540 g/mol. The molecule has 1 amide bonds. The fourth-order valence-corrected chi connectivity index (χ4v) is 5.56. The summed E-state index contributed by atoms with van der Waals surface area (Å²) < 4.78 is 50.6. The lowest BCUT2D eigenvalue weighted by molar-refractivity contribution is -0.0500. The molecule has 0 bridgehead atoms. The highest BCUT2D eigenvalue weighted by atomic mass is 32.2. The standard InChI is InChI=1S/C26H39F2N5O3S/c1-24(2,3)36-23(34)31-22(17-9-11-26(27,28)12-10-17)19-15-33-20(30-19)13-18(14-29-33)21(16-7-8-16)32-37(35)25(4,5)6/h13-17,21-22,32H,7-12H2,1-6H3,(H,31,34)/t21?,22-,37?/m0/s1. The lowest BCUT2D eigenvalue weighted by Gasteiger charge is -2.33. The summed E-state index contributed by atoms with van der Waals surface area (Å²) in [5.41, 5.74) is 1.35. The van der Waals surface area contributed by atoms with Crippen molar-refractivity contribution < 1.29 is 22.9 Å². The van der Waals surface area contributed by atoms with Crippen LogP contribution in [0.5, 0.6) is 0 Å². The summed E-state index contributed by atoms with van der Waals surface area (Å²) in [6.45, 7) is 11.1. The summed E-state index contributed by atoms with van der Waals surface area (Å²) in [5, 5.41) is 7.44. The minimum atomic E-state index is -2.68. The van der Waals surface area contributed by atoms with Crippen LogP contribution >= 0.6 is 0 Å². The highest BCUT2D eigenvalue weighted by Crippen LogP contribution is 2.43. The van der Waals surface area contributed by atoms with Crippen LogP contribution in [0.4, 0.5) is 13.6 Å². The van der Waals surface area contributed by atoms with Gasteiger partial charge in [-0.25, -0.2) is 23.1 Å². The number of imidazole rings is 1. The van der Waals surface area contributed by atoms with Gasteiger partial charge in [-0.1, -0.05) is 0 Å². The number of alkyl halides is 2. The Bertz CT molecular complexity index is 1100. The number of carbonyl (C=O) groups excluding carboxylic acids is 1. The van der Waals surface area contributed by atoms with E-state index in [1.165, 1.54) is 0 Å². The second-order valence-electron chi connectivity index (χ2n) is 12.4. The number of nitrogens with one attached hydrogen (secondary N) is 2. The number of ether oxygens (including phenoxy) is 1. The van der Waals surface area contributed by atoms with Crippen LogP contribution in [-0.2, 0) is 16.1 Å². The number of halogens is 2. The molecule has 2 heterocycles. The van der Waals surface area contributed by atoms with Crippen molar-refractivity contribution >= 4 is 23.1 Å². The van der Waals surface area contributed by atoms with Crippen molar-refractivity contribution in [3.63, 3.8) is 0 Å². The molecule has 2 N–H and O–H groups in total. The molecule has 8 nitrogen and oxygen atoms in total. The van der Waals surface area contributed by atoms with E-state index in [0.717, 1.165) is 18.4 Å². The van der Waals surface area contributed by atoms with Crippen molar-refractivity contribution in [3.8, 4) is 0 Å². The molecule has 11 heteroatoms. The van der Waals surface area contributed by atoms with Crippen LogP contribution in [0.25, 0.3) is 5.65 Å². The Hall–Kier alpha value is -1.98. The molecule has 2 aliphatic carbocycles. The third-order valence-corrected chi connectivity index (χ3v) is 8.41. The zero-order chi connectivity index (χ0) is 27.2. The second kappa shape index (κ2) is 10.3. The SMILES string of the molecule is CC(C)(C)OC(=O)N[C@H](c1cn2ncc(C(N[S+]([O-])C(C)(C)C)C3CC3)cc2n1)C1CCC(F)(F)CC1. The zero-order valence-corrected chi connectivity index (χ0v) is 23.3. The molecule has 2 aliphatic rings. The third-order valence-electron chi connectivity index (χ3n) is 6.83. The number of hydrogen-bond donors (Lipinski definition) is 2. The Balaban J connectivity index is 1.61. The van der Waals surface area contributed by atoms with Gasteiger partial charge in [0.2, 0.25) is 5.92 Å². The summed E-state index contributed by atoms with van der Waals surface area (Å²) in [6.07, 6.45) is 5.09. The van der Waals surface area contributed by atoms with Crippen LogP contribution in [-0.4, -0.2) is 41.5 Å². The fourth-order valence-electron chi connectivity index (χ4n) is 4.65. The van der Waals surface area contributed by atoms with Crippen molar-refractivity contribution in [3.05, 3.63) is 29.7 Å². The Morgan fingerprint density at radius 2 is 1.76 bits per heavy atom. The van der Waals surface area contributed by atoms with Crippen molar-refractivity contribution in [2.24, 2.45) is 11.8 Å². The Kier molecular flexibility index (Phi) is 7.80. The van der Waals surface area contributed by atoms with Crippen molar-refractivity contribution in [2.75, 3.05) is 0 Å². The maximum atomic E-state index is 13.9. The Labute approximate surface area is 220 Å². The van der Waals surface area contributed by atoms with Crippen molar-refractivity contribution in [1.82, 2.24) is 24.6 Å². The Morgan fingerprint density at radius 1 is 1.14 bits per heavy atom. The predicted molar refractivity (Wildman–Crippen MR) is 138 cm³/mol. The molecular weight excluding hydrogens is 500 g/mol. The maximum Gasteiger partial charge on any atom is 0.408 e. The zero-order valence-electron chi connectivity index (χ0n) is 22.5. The van der Waals surface area contributed by atoms with E-state index in [-0.39, 0.29) is 37.6 Å². The minimum absolute atomic E-state index is 0.103. The molecule has 2 fully saturated rings. The van der Waals surface area contributed by atoms with Crippen LogP contribution in [0.3, 0.4) is 0 Å². The van der Waals surface area contributed by atoms with Crippen LogP contribution in [0, 0.1) is 11.8 Å². The van der Waals surface area contributed by atoms with Gasteiger partial charge >= 0.3 is 6.09 Å². The monoisotopic (exact) mass is 539 g/mol. The van der Waals surface area contributed by atoms with E-state index in [0.29, 0.717) is 17.3 Å². The Morgan fingerprint density at radius 3 is 2.32 bits per heavy atom. The van der Waals surface area contributed by atoms with E-state index in [9.17, 15) is 18.1 Å². The molecule has 0 saturated heterocycles. The molecule has 0 aliphatic heterocycles. The van der Waals surface area contributed by atoms with Gasteiger partial charge in [0.25, 0.3) is 0 Å². The van der Waals surface area contributed by atoms with Gasteiger partial charge in [-0.05, 0) is 90.7 Å². The molecule has 206 valence electrons. The molecule has 37 heavy (non-hydrogen) atoms. The molecular formula is C26H39F2N5O3S. The first-order valence-electron chi connectivity index (χ1n) is 13.0. The van der Waals surface area contributed by atoms with E-state index >= 15 is 0 Å². The summed E-state index contributed by atoms with van der Waals surface area (Å²) in [7, 11) is 0. The lowest BCUT2D eigenvalue weighted by atomic mass is 9.81. The average Bonchev–Trinajstić information content (AvgIpc) is 3.51. The molecule has 3 atom stereocenters. The first-order valence-corrected chi connectivity index (χ1v) is 14.2. The number of hydrogen-bond acceptors (Lipinski definition) is 6. The molecule has 2 aromatic heterocycles. The summed E-state index contributed by atoms with van der Waals surface area (Å²) in [5.74, 6) is -2.50. The number of aromatic nitrogens is 3. The summed E-state index contributed by atoms with van der Waals surface area (Å²) >= 11 is -1.24. The second-order valence-corrected chi connectivity index (χ2v) is 14.4. The van der Waals surface area contributed by atoms with Gasteiger partial charge in [-0.3, -0.25) is 0 Å². The summed E-state index contributed by atoms with van der Waals surface area (Å²) in [6, 6.07) is 1.24.